The maximum atomic E-state index is 3.14. The van der Waals surface area contributed by atoms with E-state index in [2.05, 4.69) is 54.4 Å². The van der Waals surface area contributed by atoms with Crippen LogP contribution in [-0.4, -0.2) is 4.98 Å². The van der Waals surface area contributed by atoms with Crippen molar-refractivity contribution in [2.75, 3.05) is 0 Å². The van der Waals surface area contributed by atoms with E-state index in [1.807, 2.05) is 12.3 Å². The minimum Gasteiger partial charge on any atom is -0.362 e. The van der Waals surface area contributed by atoms with Gasteiger partial charge in [-0.25, -0.2) is 0 Å². The van der Waals surface area contributed by atoms with Crippen molar-refractivity contribution in [2.24, 2.45) is 0 Å². The first-order valence-corrected chi connectivity index (χ1v) is 4.73. The topological polar surface area (TPSA) is 15.8 Å². The lowest BCUT2D eigenvalue weighted by Gasteiger charge is -1.97. The van der Waals surface area contributed by atoms with Gasteiger partial charge in [0.15, 0.2) is 0 Å². The second-order valence-electron chi connectivity index (χ2n) is 3.32. The monoisotopic (exact) mass is 183 g/mol. The fourth-order valence-corrected chi connectivity index (χ4v) is 1.40. The summed E-state index contributed by atoms with van der Waals surface area (Å²) in [5, 5.41) is 0. The molecule has 1 heterocycles. The van der Waals surface area contributed by atoms with Crippen molar-refractivity contribution in [3.63, 3.8) is 0 Å². The van der Waals surface area contributed by atoms with Crippen molar-refractivity contribution in [3.05, 3.63) is 59.4 Å². The van der Waals surface area contributed by atoms with E-state index < -0.39 is 0 Å². The van der Waals surface area contributed by atoms with E-state index in [1.54, 1.807) is 0 Å². The summed E-state index contributed by atoms with van der Waals surface area (Å²) in [6, 6.07) is 12.4. The molecular formula is C13H13N. The predicted octanol–water partition coefficient (Wildman–Crippen LogP) is 3.49. The van der Waals surface area contributed by atoms with Gasteiger partial charge in [-0.1, -0.05) is 30.3 Å². The molecule has 14 heavy (non-hydrogen) atoms. The Morgan fingerprint density at radius 2 is 1.86 bits per heavy atom. The van der Waals surface area contributed by atoms with E-state index in [0.29, 0.717) is 0 Å². The molecule has 1 heteroatoms. The molecule has 2 rings (SSSR count). The Labute approximate surface area is 84.1 Å². The summed E-state index contributed by atoms with van der Waals surface area (Å²) < 4.78 is 0. The van der Waals surface area contributed by atoms with E-state index in [4.69, 9.17) is 0 Å². The zero-order chi connectivity index (χ0) is 9.80. The van der Waals surface area contributed by atoms with Crippen LogP contribution in [0.4, 0.5) is 0 Å². The van der Waals surface area contributed by atoms with Crippen LogP contribution in [-0.2, 0) is 0 Å². The highest BCUT2D eigenvalue weighted by molar-refractivity contribution is 5.69. The molecule has 1 nitrogen and oxygen atoms in total. The third-order valence-corrected chi connectivity index (χ3v) is 2.25. The molecule has 0 amide bonds. The summed E-state index contributed by atoms with van der Waals surface area (Å²) >= 11 is 0. The van der Waals surface area contributed by atoms with Crippen LogP contribution in [0, 0.1) is 6.92 Å². The van der Waals surface area contributed by atoms with Gasteiger partial charge in [-0.15, -0.1) is 0 Å². The lowest BCUT2D eigenvalue weighted by atomic mass is 10.1. The number of benzene rings is 1. The summed E-state index contributed by atoms with van der Waals surface area (Å²) in [5.74, 6) is 0. The molecule has 0 saturated carbocycles. The highest BCUT2D eigenvalue weighted by atomic mass is 14.7. The summed E-state index contributed by atoms with van der Waals surface area (Å²) in [6.07, 6.45) is 6.14. The maximum absolute atomic E-state index is 3.14. The fraction of sp³-hybridized carbons (Fsp3) is 0.0769. The zero-order valence-corrected chi connectivity index (χ0v) is 8.20. The van der Waals surface area contributed by atoms with E-state index >= 15 is 0 Å². The first-order chi connectivity index (χ1) is 6.86. The Bertz CT molecular complexity index is 424. The van der Waals surface area contributed by atoms with E-state index in [-0.39, 0.29) is 0 Å². The second kappa shape index (κ2) is 3.97. The Morgan fingerprint density at radius 1 is 1.00 bits per heavy atom. The van der Waals surface area contributed by atoms with Gasteiger partial charge in [-0.2, -0.15) is 0 Å². The molecule has 0 aliphatic rings. The smallest absolute Gasteiger partial charge is 0.0380 e. The summed E-state index contributed by atoms with van der Waals surface area (Å²) in [7, 11) is 0. The summed E-state index contributed by atoms with van der Waals surface area (Å²) in [6.45, 7) is 2.12. The van der Waals surface area contributed by atoms with Crippen LogP contribution in [0.5, 0.6) is 0 Å². The minimum absolute atomic E-state index is 1.13. The van der Waals surface area contributed by atoms with Crippen molar-refractivity contribution >= 4 is 12.2 Å². The molecule has 0 fully saturated rings. The van der Waals surface area contributed by atoms with E-state index in [1.165, 1.54) is 11.1 Å². The van der Waals surface area contributed by atoms with Gasteiger partial charge in [0.05, 0.1) is 0 Å². The van der Waals surface area contributed by atoms with Crippen molar-refractivity contribution in [3.8, 4) is 0 Å². The zero-order valence-electron chi connectivity index (χ0n) is 8.20. The SMILES string of the molecule is Cc1ccccc1/C=C/c1ccc[nH]1. The Kier molecular flexibility index (Phi) is 2.50. The summed E-state index contributed by atoms with van der Waals surface area (Å²) in [5.41, 5.74) is 3.70. The van der Waals surface area contributed by atoms with Gasteiger partial charge in [0.2, 0.25) is 0 Å². The number of H-pyrrole nitrogens is 1. The first-order valence-electron chi connectivity index (χ1n) is 4.73. The van der Waals surface area contributed by atoms with Crippen LogP contribution in [0.3, 0.4) is 0 Å². The van der Waals surface area contributed by atoms with Crippen LogP contribution in [0.2, 0.25) is 0 Å². The number of aromatic nitrogens is 1. The molecule has 0 spiro atoms. The molecular weight excluding hydrogens is 170 g/mol. The molecule has 0 unspecified atom stereocenters. The second-order valence-corrected chi connectivity index (χ2v) is 3.32. The maximum Gasteiger partial charge on any atom is 0.0380 e. The molecule has 2 aromatic rings. The molecule has 1 aromatic heterocycles. The van der Waals surface area contributed by atoms with Crippen LogP contribution in [0.1, 0.15) is 16.8 Å². The average molecular weight is 183 g/mol. The predicted molar refractivity (Wildman–Crippen MR) is 60.9 cm³/mol. The van der Waals surface area contributed by atoms with Gasteiger partial charge >= 0.3 is 0 Å². The third kappa shape index (κ3) is 1.94. The minimum atomic E-state index is 1.13. The highest BCUT2D eigenvalue weighted by Crippen LogP contribution is 2.10. The number of aryl methyl sites for hydroxylation is 1. The molecule has 0 atom stereocenters. The Hall–Kier alpha value is -1.76. The van der Waals surface area contributed by atoms with E-state index in [0.717, 1.165) is 5.69 Å². The van der Waals surface area contributed by atoms with Gasteiger partial charge in [0, 0.05) is 11.9 Å². The molecule has 0 saturated heterocycles. The average Bonchev–Trinajstić information content (AvgIpc) is 2.69. The number of nitrogens with one attached hydrogen (secondary N) is 1. The number of rotatable bonds is 2. The van der Waals surface area contributed by atoms with Gasteiger partial charge in [0.1, 0.15) is 0 Å². The molecule has 1 N–H and O–H groups in total. The van der Waals surface area contributed by atoms with Gasteiger partial charge in [-0.3, -0.25) is 0 Å². The third-order valence-electron chi connectivity index (χ3n) is 2.25. The highest BCUT2D eigenvalue weighted by Gasteiger charge is 1.91. The van der Waals surface area contributed by atoms with Crippen molar-refractivity contribution in [1.82, 2.24) is 4.98 Å². The van der Waals surface area contributed by atoms with Crippen molar-refractivity contribution in [1.29, 1.82) is 0 Å². The Morgan fingerprint density at radius 3 is 2.57 bits per heavy atom. The summed E-state index contributed by atoms with van der Waals surface area (Å²) in [4.78, 5) is 3.14. The van der Waals surface area contributed by atoms with E-state index in [9.17, 15) is 0 Å². The molecule has 0 aliphatic heterocycles. The van der Waals surface area contributed by atoms with Gasteiger partial charge < -0.3 is 4.98 Å². The Balaban J connectivity index is 2.23. The van der Waals surface area contributed by atoms with Crippen molar-refractivity contribution < 1.29 is 0 Å². The molecule has 0 aliphatic carbocycles. The molecule has 1 aromatic carbocycles. The first kappa shape index (κ1) is 8.82. The largest absolute Gasteiger partial charge is 0.362 e. The quantitative estimate of drug-likeness (QED) is 0.733. The lowest BCUT2D eigenvalue weighted by Crippen LogP contribution is -1.77. The van der Waals surface area contributed by atoms with Crippen LogP contribution in [0.15, 0.2) is 42.6 Å². The van der Waals surface area contributed by atoms with Crippen LogP contribution < -0.4 is 0 Å². The lowest BCUT2D eigenvalue weighted by molar-refractivity contribution is 1.38. The molecule has 0 bridgehead atoms. The van der Waals surface area contributed by atoms with Crippen LogP contribution in [0.25, 0.3) is 12.2 Å². The normalized spacial score (nSPS) is 10.9. The van der Waals surface area contributed by atoms with Crippen LogP contribution >= 0.6 is 0 Å². The number of hydrogen-bond donors (Lipinski definition) is 1. The number of aromatic amines is 1. The molecule has 0 radical (unpaired) electrons. The van der Waals surface area contributed by atoms with Gasteiger partial charge in [-0.05, 0) is 36.3 Å². The standard InChI is InChI=1S/C13H13N/c1-11-5-2-3-6-12(11)8-9-13-7-4-10-14-13/h2-10,14H,1H3/b9-8+. The number of hydrogen-bond acceptors (Lipinski definition) is 0. The van der Waals surface area contributed by atoms with Gasteiger partial charge in [0.25, 0.3) is 0 Å². The molecule has 70 valence electrons. The fourth-order valence-electron chi connectivity index (χ4n) is 1.40. The van der Waals surface area contributed by atoms with Crippen molar-refractivity contribution in [2.45, 2.75) is 6.92 Å².